The van der Waals surface area contributed by atoms with E-state index in [4.69, 9.17) is 0 Å². The Kier molecular flexibility index (Phi) is 5.12. The van der Waals surface area contributed by atoms with E-state index in [1.165, 1.54) is 23.5 Å². The van der Waals surface area contributed by atoms with Crippen LogP contribution in [0.2, 0.25) is 0 Å². The van der Waals surface area contributed by atoms with Gasteiger partial charge in [0.1, 0.15) is 0 Å². The molecule has 0 aliphatic carbocycles. The first-order valence-electron chi connectivity index (χ1n) is 5.49. The van der Waals surface area contributed by atoms with E-state index in [9.17, 15) is 0 Å². The minimum Gasteiger partial charge on any atom is -0.317 e. The normalized spacial score (nSPS) is 17.4. The molecule has 2 nitrogen and oxygen atoms in total. The minimum atomic E-state index is 0.719. The van der Waals surface area contributed by atoms with Gasteiger partial charge < -0.3 is 5.32 Å². The van der Waals surface area contributed by atoms with Gasteiger partial charge in [-0.2, -0.15) is 0 Å². The molecule has 0 bridgehead atoms. The third-order valence-corrected chi connectivity index (χ3v) is 3.19. The Labute approximate surface area is 90.8 Å². The highest BCUT2D eigenvalue weighted by atomic mass is 32.1. The molecule has 80 valence electrons. The first kappa shape index (κ1) is 11.7. The van der Waals surface area contributed by atoms with Gasteiger partial charge in [0.15, 0.2) is 0 Å². The molecule has 1 N–H and O–H groups in total. The van der Waals surface area contributed by atoms with Crippen molar-refractivity contribution in [1.29, 1.82) is 0 Å². The molecule has 1 saturated heterocycles. The molecule has 0 atom stereocenters. The first-order chi connectivity index (χ1) is 6.86. The molecule has 0 aromatic carbocycles. The lowest BCUT2D eigenvalue weighted by Crippen LogP contribution is -2.26. The third-order valence-electron chi connectivity index (χ3n) is 2.39. The summed E-state index contributed by atoms with van der Waals surface area (Å²) in [5, 5.41) is 6.78. The second kappa shape index (κ2) is 6.14. The Bertz CT molecular complexity index is 252. The van der Waals surface area contributed by atoms with E-state index in [0.717, 1.165) is 19.0 Å². The van der Waals surface area contributed by atoms with Crippen molar-refractivity contribution in [2.75, 3.05) is 13.1 Å². The zero-order valence-corrected chi connectivity index (χ0v) is 10.2. The molecular weight excluding hydrogens is 192 g/mol. The Hall–Kier alpha value is -0.410. The van der Waals surface area contributed by atoms with Gasteiger partial charge in [-0.3, -0.25) is 0 Å². The van der Waals surface area contributed by atoms with Gasteiger partial charge in [0.2, 0.25) is 0 Å². The number of piperidine rings is 1. The van der Waals surface area contributed by atoms with Crippen LogP contribution in [0.1, 0.15) is 43.3 Å². The lowest BCUT2D eigenvalue weighted by atomic mass is 9.95. The summed E-state index contributed by atoms with van der Waals surface area (Å²) >= 11 is 1.77. The Balaban J connectivity index is 0.000000461. The molecule has 2 heterocycles. The first-order valence-corrected chi connectivity index (χ1v) is 6.37. The highest BCUT2D eigenvalue weighted by Crippen LogP contribution is 2.25. The molecule has 0 amide bonds. The van der Waals surface area contributed by atoms with Crippen molar-refractivity contribution in [3.05, 3.63) is 16.1 Å². The van der Waals surface area contributed by atoms with E-state index in [1.54, 1.807) is 11.3 Å². The molecule has 0 saturated carbocycles. The van der Waals surface area contributed by atoms with Crippen LogP contribution in [0.5, 0.6) is 0 Å². The molecule has 1 aliphatic rings. The zero-order valence-electron chi connectivity index (χ0n) is 9.34. The number of hydrogen-bond donors (Lipinski definition) is 1. The molecule has 14 heavy (non-hydrogen) atoms. The zero-order chi connectivity index (χ0) is 10.4. The van der Waals surface area contributed by atoms with Gasteiger partial charge in [0, 0.05) is 11.3 Å². The smallest absolute Gasteiger partial charge is 0.0897 e. The number of nitrogens with zero attached hydrogens (tertiary/aromatic N) is 1. The minimum absolute atomic E-state index is 0.719. The van der Waals surface area contributed by atoms with Gasteiger partial charge in [-0.25, -0.2) is 4.98 Å². The third kappa shape index (κ3) is 3.07. The van der Waals surface area contributed by atoms with Crippen molar-refractivity contribution in [2.45, 2.75) is 39.5 Å². The van der Waals surface area contributed by atoms with Crippen LogP contribution in [0.4, 0.5) is 0 Å². The van der Waals surface area contributed by atoms with Gasteiger partial charge in [-0.15, -0.1) is 11.3 Å². The van der Waals surface area contributed by atoms with Gasteiger partial charge in [-0.1, -0.05) is 13.8 Å². The van der Waals surface area contributed by atoms with Crippen molar-refractivity contribution in [2.24, 2.45) is 0 Å². The average Bonchev–Trinajstić information content (AvgIpc) is 2.69. The second-order valence-corrected chi connectivity index (χ2v) is 4.38. The SMILES string of the molecule is CC.Cc1nc(C2CCNCC2)cs1. The van der Waals surface area contributed by atoms with Crippen LogP contribution < -0.4 is 5.32 Å². The maximum atomic E-state index is 4.53. The van der Waals surface area contributed by atoms with Crippen LogP contribution in [-0.4, -0.2) is 18.1 Å². The standard InChI is InChI=1S/C9H14N2S.C2H6/c1-7-11-9(6-12-7)8-2-4-10-5-3-8;1-2/h6,8,10H,2-5H2,1H3;1-2H3. The number of aryl methyl sites for hydroxylation is 1. The highest BCUT2D eigenvalue weighted by molar-refractivity contribution is 7.09. The van der Waals surface area contributed by atoms with Crippen molar-refractivity contribution in [3.63, 3.8) is 0 Å². The largest absolute Gasteiger partial charge is 0.317 e. The van der Waals surface area contributed by atoms with Gasteiger partial charge in [0.05, 0.1) is 10.7 Å². The molecule has 3 heteroatoms. The summed E-state index contributed by atoms with van der Waals surface area (Å²) in [6, 6.07) is 0. The lowest BCUT2D eigenvalue weighted by Gasteiger charge is -2.20. The number of rotatable bonds is 1. The van der Waals surface area contributed by atoms with Crippen LogP contribution in [0.15, 0.2) is 5.38 Å². The molecule has 0 unspecified atom stereocenters. The van der Waals surface area contributed by atoms with E-state index < -0.39 is 0 Å². The van der Waals surface area contributed by atoms with E-state index in [-0.39, 0.29) is 0 Å². The summed E-state index contributed by atoms with van der Waals surface area (Å²) in [6.45, 7) is 8.39. The fraction of sp³-hybridized carbons (Fsp3) is 0.727. The molecule has 1 aromatic heterocycles. The summed E-state index contributed by atoms with van der Waals surface area (Å²) in [7, 11) is 0. The highest BCUT2D eigenvalue weighted by Gasteiger charge is 2.16. The van der Waals surface area contributed by atoms with Gasteiger partial charge in [0.25, 0.3) is 0 Å². The molecule has 1 fully saturated rings. The Morgan fingerprint density at radius 2 is 2.00 bits per heavy atom. The molecule has 0 radical (unpaired) electrons. The summed E-state index contributed by atoms with van der Waals surface area (Å²) in [5.74, 6) is 0.719. The predicted octanol–water partition coefficient (Wildman–Crippen LogP) is 2.94. The Morgan fingerprint density at radius 3 is 2.50 bits per heavy atom. The fourth-order valence-electron chi connectivity index (χ4n) is 1.69. The van der Waals surface area contributed by atoms with Crippen molar-refractivity contribution >= 4 is 11.3 Å². The number of thiazole rings is 1. The molecule has 1 aromatic rings. The fourth-order valence-corrected chi connectivity index (χ4v) is 2.38. The average molecular weight is 212 g/mol. The summed E-state index contributed by atoms with van der Waals surface area (Å²) in [5.41, 5.74) is 1.32. The van der Waals surface area contributed by atoms with E-state index >= 15 is 0 Å². The lowest BCUT2D eigenvalue weighted by molar-refractivity contribution is 0.454. The Morgan fingerprint density at radius 1 is 1.36 bits per heavy atom. The molecule has 0 spiro atoms. The van der Waals surface area contributed by atoms with Crippen LogP contribution in [0, 0.1) is 6.92 Å². The van der Waals surface area contributed by atoms with Crippen LogP contribution in [-0.2, 0) is 0 Å². The van der Waals surface area contributed by atoms with Crippen molar-refractivity contribution in [1.82, 2.24) is 10.3 Å². The topological polar surface area (TPSA) is 24.9 Å². The van der Waals surface area contributed by atoms with E-state index in [0.29, 0.717) is 0 Å². The van der Waals surface area contributed by atoms with Crippen LogP contribution in [0.25, 0.3) is 0 Å². The summed E-state index contributed by atoms with van der Waals surface area (Å²) in [4.78, 5) is 4.53. The predicted molar refractivity (Wildman–Crippen MR) is 63.0 cm³/mol. The number of aromatic nitrogens is 1. The van der Waals surface area contributed by atoms with E-state index in [2.05, 4.69) is 22.6 Å². The quantitative estimate of drug-likeness (QED) is 0.774. The van der Waals surface area contributed by atoms with E-state index in [1.807, 2.05) is 13.8 Å². The molecule has 2 rings (SSSR count). The summed E-state index contributed by atoms with van der Waals surface area (Å²) < 4.78 is 0. The molecular formula is C11H20N2S. The van der Waals surface area contributed by atoms with Gasteiger partial charge in [-0.05, 0) is 32.9 Å². The second-order valence-electron chi connectivity index (χ2n) is 3.32. The number of hydrogen-bond acceptors (Lipinski definition) is 3. The van der Waals surface area contributed by atoms with Crippen LogP contribution in [0.3, 0.4) is 0 Å². The van der Waals surface area contributed by atoms with Crippen molar-refractivity contribution in [3.8, 4) is 0 Å². The maximum absolute atomic E-state index is 4.53. The summed E-state index contributed by atoms with van der Waals surface area (Å²) in [6.07, 6.45) is 2.51. The monoisotopic (exact) mass is 212 g/mol. The maximum Gasteiger partial charge on any atom is 0.0897 e. The molecule has 1 aliphatic heterocycles. The van der Waals surface area contributed by atoms with Crippen LogP contribution >= 0.6 is 11.3 Å². The van der Waals surface area contributed by atoms with Crippen molar-refractivity contribution < 1.29 is 0 Å². The number of nitrogens with one attached hydrogen (secondary N) is 1. The van der Waals surface area contributed by atoms with Gasteiger partial charge >= 0.3 is 0 Å².